The van der Waals surface area contributed by atoms with Crippen LogP contribution in [0.1, 0.15) is 11.3 Å². The van der Waals surface area contributed by atoms with Crippen LogP contribution >= 0.6 is 11.6 Å². The summed E-state index contributed by atoms with van der Waals surface area (Å²) in [5.41, 5.74) is 8.30. The SMILES string of the molecule is Cc1cc(Cl)ccc1-n1c(=O)c(N)c(C)n1C. The van der Waals surface area contributed by atoms with Gasteiger partial charge < -0.3 is 5.73 Å². The molecule has 90 valence electrons. The first kappa shape index (κ1) is 11.8. The molecule has 4 nitrogen and oxygen atoms in total. The summed E-state index contributed by atoms with van der Waals surface area (Å²) in [6.45, 7) is 3.73. The van der Waals surface area contributed by atoms with Gasteiger partial charge in [-0.25, -0.2) is 4.68 Å². The van der Waals surface area contributed by atoms with Crippen molar-refractivity contribution in [3.63, 3.8) is 0 Å². The summed E-state index contributed by atoms with van der Waals surface area (Å²) in [4.78, 5) is 12.0. The van der Waals surface area contributed by atoms with E-state index in [9.17, 15) is 4.79 Å². The molecule has 17 heavy (non-hydrogen) atoms. The van der Waals surface area contributed by atoms with E-state index in [-0.39, 0.29) is 11.2 Å². The maximum atomic E-state index is 12.0. The molecule has 1 aromatic heterocycles. The van der Waals surface area contributed by atoms with Gasteiger partial charge >= 0.3 is 0 Å². The zero-order chi connectivity index (χ0) is 12.7. The quantitative estimate of drug-likeness (QED) is 0.843. The van der Waals surface area contributed by atoms with Crippen LogP contribution in [-0.2, 0) is 7.05 Å². The van der Waals surface area contributed by atoms with Crippen molar-refractivity contribution < 1.29 is 0 Å². The Morgan fingerprint density at radius 1 is 1.29 bits per heavy atom. The highest BCUT2D eigenvalue weighted by Crippen LogP contribution is 2.19. The molecule has 0 spiro atoms. The predicted octanol–water partition coefficient (Wildman–Crippen LogP) is 2.03. The molecule has 0 fully saturated rings. The lowest BCUT2D eigenvalue weighted by Crippen LogP contribution is -2.21. The fourth-order valence-electron chi connectivity index (χ4n) is 1.86. The van der Waals surface area contributed by atoms with Crippen LogP contribution in [0.15, 0.2) is 23.0 Å². The van der Waals surface area contributed by atoms with Crippen molar-refractivity contribution in [3.05, 3.63) is 44.8 Å². The van der Waals surface area contributed by atoms with Crippen molar-refractivity contribution in [2.75, 3.05) is 5.73 Å². The van der Waals surface area contributed by atoms with E-state index in [1.807, 2.05) is 26.0 Å². The zero-order valence-corrected chi connectivity index (χ0v) is 10.7. The van der Waals surface area contributed by atoms with E-state index >= 15 is 0 Å². The Morgan fingerprint density at radius 3 is 2.41 bits per heavy atom. The van der Waals surface area contributed by atoms with E-state index in [0.717, 1.165) is 16.9 Å². The molecule has 0 unspecified atom stereocenters. The summed E-state index contributed by atoms with van der Waals surface area (Å²) < 4.78 is 3.30. The molecule has 0 atom stereocenters. The number of aromatic nitrogens is 2. The molecule has 5 heteroatoms. The summed E-state index contributed by atoms with van der Waals surface area (Å²) in [5.74, 6) is 0. The molecule has 1 heterocycles. The molecule has 0 saturated carbocycles. The second-order valence-corrected chi connectivity index (χ2v) is 4.51. The van der Waals surface area contributed by atoms with Gasteiger partial charge in [-0.1, -0.05) is 11.6 Å². The smallest absolute Gasteiger partial charge is 0.294 e. The number of rotatable bonds is 1. The van der Waals surface area contributed by atoms with Crippen molar-refractivity contribution in [1.82, 2.24) is 9.36 Å². The van der Waals surface area contributed by atoms with Crippen LogP contribution in [0.25, 0.3) is 5.69 Å². The molecular weight excluding hydrogens is 238 g/mol. The molecule has 2 aromatic rings. The molecule has 0 bridgehead atoms. The van der Waals surface area contributed by atoms with Gasteiger partial charge in [-0.3, -0.25) is 9.48 Å². The number of benzene rings is 1. The maximum absolute atomic E-state index is 12.0. The number of hydrogen-bond donors (Lipinski definition) is 1. The maximum Gasteiger partial charge on any atom is 0.294 e. The van der Waals surface area contributed by atoms with Crippen LogP contribution in [0.3, 0.4) is 0 Å². The molecule has 0 radical (unpaired) electrons. The van der Waals surface area contributed by atoms with Crippen molar-refractivity contribution >= 4 is 17.3 Å². The molecule has 0 aliphatic rings. The van der Waals surface area contributed by atoms with E-state index in [0.29, 0.717) is 5.02 Å². The Balaban J connectivity index is 2.78. The number of halogens is 1. The van der Waals surface area contributed by atoms with Crippen LogP contribution in [0.4, 0.5) is 5.69 Å². The summed E-state index contributed by atoms with van der Waals surface area (Å²) in [5, 5.41) is 0.651. The van der Waals surface area contributed by atoms with Crippen molar-refractivity contribution in [1.29, 1.82) is 0 Å². The molecule has 1 aromatic carbocycles. The first-order valence-corrected chi connectivity index (χ1v) is 5.62. The lowest BCUT2D eigenvalue weighted by atomic mass is 10.2. The first-order chi connectivity index (χ1) is 7.93. The number of nitrogens with zero attached hydrogens (tertiary/aromatic N) is 2. The van der Waals surface area contributed by atoms with Crippen molar-refractivity contribution in [2.24, 2.45) is 7.05 Å². The number of nitrogen functional groups attached to an aromatic ring is 1. The van der Waals surface area contributed by atoms with Crippen molar-refractivity contribution in [2.45, 2.75) is 13.8 Å². The van der Waals surface area contributed by atoms with Gasteiger partial charge in [-0.05, 0) is 37.6 Å². The van der Waals surface area contributed by atoms with Gasteiger partial charge in [-0.2, -0.15) is 0 Å². The number of aryl methyl sites for hydroxylation is 1. The lowest BCUT2D eigenvalue weighted by molar-refractivity contribution is 0.628. The van der Waals surface area contributed by atoms with Gasteiger partial charge in [0.05, 0.1) is 11.4 Å². The molecule has 0 aliphatic heterocycles. The summed E-state index contributed by atoms with van der Waals surface area (Å²) in [6.07, 6.45) is 0. The second kappa shape index (κ2) is 3.96. The van der Waals surface area contributed by atoms with E-state index in [1.165, 1.54) is 0 Å². The highest BCUT2D eigenvalue weighted by atomic mass is 35.5. The van der Waals surface area contributed by atoms with Gasteiger partial charge in [0.2, 0.25) is 0 Å². The average molecular weight is 252 g/mol. The summed E-state index contributed by atoms with van der Waals surface area (Å²) in [6, 6.07) is 5.40. The summed E-state index contributed by atoms with van der Waals surface area (Å²) in [7, 11) is 1.81. The topological polar surface area (TPSA) is 52.9 Å². The average Bonchev–Trinajstić information content (AvgIpc) is 2.45. The minimum absolute atomic E-state index is 0.199. The number of hydrogen-bond acceptors (Lipinski definition) is 2. The minimum Gasteiger partial charge on any atom is -0.393 e. The van der Waals surface area contributed by atoms with E-state index in [1.54, 1.807) is 22.5 Å². The Kier molecular flexibility index (Phi) is 2.75. The highest BCUT2D eigenvalue weighted by molar-refractivity contribution is 6.30. The van der Waals surface area contributed by atoms with Crippen LogP contribution in [0.2, 0.25) is 5.02 Å². The second-order valence-electron chi connectivity index (χ2n) is 4.07. The van der Waals surface area contributed by atoms with E-state index in [2.05, 4.69) is 0 Å². The Hall–Kier alpha value is -1.68. The fraction of sp³-hybridized carbons (Fsp3) is 0.250. The molecular formula is C12H14ClN3O. The number of nitrogens with two attached hydrogens (primary N) is 1. The van der Waals surface area contributed by atoms with E-state index < -0.39 is 0 Å². The van der Waals surface area contributed by atoms with Gasteiger partial charge in [0.1, 0.15) is 5.69 Å². The minimum atomic E-state index is -0.199. The third kappa shape index (κ3) is 1.74. The van der Waals surface area contributed by atoms with E-state index in [4.69, 9.17) is 17.3 Å². The third-order valence-corrected chi connectivity index (χ3v) is 3.22. The third-order valence-electron chi connectivity index (χ3n) is 2.99. The van der Waals surface area contributed by atoms with Gasteiger partial charge in [0, 0.05) is 12.1 Å². The number of anilines is 1. The largest absolute Gasteiger partial charge is 0.393 e. The molecule has 2 N–H and O–H groups in total. The van der Waals surface area contributed by atoms with Crippen LogP contribution in [-0.4, -0.2) is 9.36 Å². The zero-order valence-electron chi connectivity index (χ0n) is 9.99. The van der Waals surface area contributed by atoms with Crippen LogP contribution in [0.5, 0.6) is 0 Å². The molecule has 2 rings (SSSR count). The van der Waals surface area contributed by atoms with Gasteiger partial charge in [0.25, 0.3) is 5.56 Å². The Bertz CT molecular complexity index is 640. The van der Waals surface area contributed by atoms with Gasteiger partial charge in [0.15, 0.2) is 0 Å². The molecule has 0 aliphatic carbocycles. The van der Waals surface area contributed by atoms with Crippen LogP contribution in [0, 0.1) is 13.8 Å². The van der Waals surface area contributed by atoms with Crippen LogP contribution < -0.4 is 11.3 Å². The fourth-order valence-corrected chi connectivity index (χ4v) is 2.08. The predicted molar refractivity (Wildman–Crippen MR) is 69.9 cm³/mol. The highest BCUT2D eigenvalue weighted by Gasteiger charge is 2.14. The Morgan fingerprint density at radius 2 is 1.94 bits per heavy atom. The first-order valence-electron chi connectivity index (χ1n) is 5.24. The molecule has 0 saturated heterocycles. The lowest BCUT2D eigenvalue weighted by Gasteiger charge is -2.11. The van der Waals surface area contributed by atoms with Crippen molar-refractivity contribution in [3.8, 4) is 5.69 Å². The standard InChI is InChI=1S/C12H14ClN3O/c1-7-6-9(13)4-5-10(7)16-12(17)11(14)8(2)15(16)3/h4-6H,14H2,1-3H3. The Labute approximate surface area is 104 Å². The molecule has 0 amide bonds. The van der Waals surface area contributed by atoms with Gasteiger partial charge in [-0.15, -0.1) is 0 Å². The monoisotopic (exact) mass is 251 g/mol. The normalized spacial score (nSPS) is 10.8. The summed E-state index contributed by atoms with van der Waals surface area (Å²) >= 11 is 5.90.